The summed E-state index contributed by atoms with van der Waals surface area (Å²) in [7, 11) is 0. The van der Waals surface area contributed by atoms with Gasteiger partial charge in [-0.1, -0.05) is 24.3 Å². The first-order valence-corrected chi connectivity index (χ1v) is 6.93. The molecule has 0 aliphatic heterocycles. The van der Waals surface area contributed by atoms with Crippen molar-refractivity contribution in [3.05, 3.63) is 59.9 Å². The summed E-state index contributed by atoms with van der Waals surface area (Å²) in [6, 6.07) is 14.7. The van der Waals surface area contributed by atoms with Crippen LogP contribution in [0.15, 0.2) is 48.5 Å². The van der Waals surface area contributed by atoms with Gasteiger partial charge in [0.25, 0.3) is 0 Å². The topological polar surface area (TPSA) is 24.9 Å². The van der Waals surface area contributed by atoms with Crippen LogP contribution in [-0.2, 0) is 6.42 Å². The standard InChI is InChI=1S/C15H13FN2S/c16-12-7-5-11(6-8-12)9-10-17-15-13-3-1-2-4-14(13)18-19-15/h1-8,17H,9-10H2. The van der Waals surface area contributed by atoms with Crippen LogP contribution >= 0.6 is 11.5 Å². The largest absolute Gasteiger partial charge is 0.375 e. The molecule has 3 rings (SSSR count). The van der Waals surface area contributed by atoms with Crippen LogP contribution in [0.1, 0.15) is 5.56 Å². The Morgan fingerprint density at radius 1 is 1.05 bits per heavy atom. The fraction of sp³-hybridized carbons (Fsp3) is 0.133. The molecule has 0 atom stereocenters. The Bertz CT molecular complexity index is 676. The number of rotatable bonds is 4. The summed E-state index contributed by atoms with van der Waals surface area (Å²) < 4.78 is 17.2. The second kappa shape index (κ2) is 5.36. The lowest BCUT2D eigenvalue weighted by atomic mass is 10.1. The van der Waals surface area contributed by atoms with E-state index in [1.807, 2.05) is 30.3 Å². The van der Waals surface area contributed by atoms with Gasteiger partial charge in [-0.25, -0.2) is 4.39 Å². The number of halogens is 1. The van der Waals surface area contributed by atoms with Crippen molar-refractivity contribution in [2.24, 2.45) is 0 Å². The van der Waals surface area contributed by atoms with E-state index in [1.165, 1.54) is 23.7 Å². The lowest BCUT2D eigenvalue weighted by molar-refractivity contribution is 0.627. The highest BCUT2D eigenvalue weighted by Gasteiger charge is 2.04. The van der Waals surface area contributed by atoms with Crippen LogP contribution in [0.4, 0.5) is 9.39 Å². The molecule has 0 spiro atoms. The second-order valence-corrected chi connectivity index (χ2v) is 5.11. The van der Waals surface area contributed by atoms with E-state index in [4.69, 9.17) is 0 Å². The summed E-state index contributed by atoms with van der Waals surface area (Å²) in [4.78, 5) is 0. The lowest BCUT2D eigenvalue weighted by Gasteiger charge is -2.04. The maximum atomic E-state index is 12.8. The fourth-order valence-corrected chi connectivity index (χ4v) is 2.77. The SMILES string of the molecule is Fc1ccc(CCNc2snc3ccccc23)cc1. The fourth-order valence-electron chi connectivity index (χ4n) is 1.99. The number of nitrogens with zero attached hydrogens (tertiary/aromatic N) is 1. The predicted molar refractivity (Wildman–Crippen MR) is 78.2 cm³/mol. The number of anilines is 1. The van der Waals surface area contributed by atoms with Gasteiger partial charge in [-0.15, -0.1) is 0 Å². The van der Waals surface area contributed by atoms with Crippen molar-refractivity contribution in [2.75, 3.05) is 11.9 Å². The Balaban J connectivity index is 1.65. The monoisotopic (exact) mass is 272 g/mol. The van der Waals surface area contributed by atoms with E-state index in [2.05, 4.69) is 15.8 Å². The Morgan fingerprint density at radius 3 is 2.68 bits per heavy atom. The molecule has 0 fully saturated rings. The summed E-state index contributed by atoms with van der Waals surface area (Å²) in [5.74, 6) is -0.190. The van der Waals surface area contributed by atoms with Crippen molar-refractivity contribution >= 4 is 27.4 Å². The zero-order valence-corrected chi connectivity index (χ0v) is 11.1. The summed E-state index contributed by atoms with van der Waals surface area (Å²) in [5, 5.41) is 5.65. The smallest absolute Gasteiger partial charge is 0.123 e. The average Bonchev–Trinajstić information content (AvgIpc) is 2.85. The van der Waals surface area contributed by atoms with Gasteiger partial charge >= 0.3 is 0 Å². The van der Waals surface area contributed by atoms with Gasteiger partial charge in [0.2, 0.25) is 0 Å². The minimum atomic E-state index is -0.190. The van der Waals surface area contributed by atoms with Crippen molar-refractivity contribution in [3.63, 3.8) is 0 Å². The minimum Gasteiger partial charge on any atom is -0.375 e. The molecule has 0 saturated carbocycles. The molecule has 0 aliphatic carbocycles. The first-order valence-electron chi connectivity index (χ1n) is 6.16. The van der Waals surface area contributed by atoms with Gasteiger partial charge < -0.3 is 5.32 Å². The number of hydrogen-bond acceptors (Lipinski definition) is 3. The molecule has 2 nitrogen and oxygen atoms in total. The third-order valence-electron chi connectivity index (χ3n) is 3.00. The van der Waals surface area contributed by atoms with Crippen LogP contribution < -0.4 is 5.32 Å². The van der Waals surface area contributed by atoms with Crippen LogP contribution in [0, 0.1) is 5.82 Å². The zero-order chi connectivity index (χ0) is 13.1. The molecule has 0 amide bonds. The van der Waals surface area contributed by atoms with Crippen LogP contribution in [0.2, 0.25) is 0 Å². The Kier molecular flexibility index (Phi) is 3.42. The summed E-state index contributed by atoms with van der Waals surface area (Å²) in [6.07, 6.45) is 0.868. The van der Waals surface area contributed by atoms with Gasteiger partial charge in [0.1, 0.15) is 10.8 Å². The van der Waals surface area contributed by atoms with Crippen LogP contribution in [-0.4, -0.2) is 10.9 Å². The van der Waals surface area contributed by atoms with Gasteiger partial charge in [-0.3, -0.25) is 0 Å². The molecule has 0 radical (unpaired) electrons. The first kappa shape index (κ1) is 12.1. The molecule has 2 aromatic carbocycles. The third-order valence-corrected chi connectivity index (χ3v) is 3.83. The molecule has 0 bridgehead atoms. The molecular weight excluding hydrogens is 259 g/mol. The van der Waals surface area contributed by atoms with E-state index >= 15 is 0 Å². The Hall–Kier alpha value is -1.94. The van der Waals surface area contributed by atoms with Crippen molar-refractivity contribution < 1.29 is 4.39 Å². The summed E-state index contributed by atoms with van der Waals surface area (Å²) in [5.41, 5.74) is 2.15. The maximum absolute atomic E-state index is 12.8. The van der Waals surface area contributed by atoms with E-state index in [9.17, 15) is 4.39 Å². The molecular formula is C15H13FN2S. The highest BCUT2D eigenvalue weighted by Crippen LogP contribution is 2.27. The third kappa shape index (κ3) is 2.74. The number of hydrogen-bond donors (Lipinski definition) is 1. The maximum Gasteiger partial charge on any atom is 0.123 e. The number of benzene rings is 2. The number of fused-ring (bicyclic) bond motifs is 1. The Morgan fingerprint density at radius 2 is 1.84 bits per heavy atom. The number of nitrogens with one attached hydrogen (secondary N) is 1. The molecule has 96 valence electrons. The van der Waals surface area contributed by atoms with Crippen LogP contribution in [0.25, 0.3) is 10.9 Å². The van der Waals surface area contributed by atoms with Gasteiger partial charge in [0.05, 0.1) is 5.52 Å². The molecule has 19 heavy (non-hydrogen) atoms. The van der Waals surface area contributed by atoms with E-state index in [-0.39, 0.29) is 5.82 Å². The van der Waals surface area contributed by atoms with Crippen molar-refractivity contribution in [2.45, 2.75) is 6.42 Å². The average molecular weight is 272 g/mol. The summed E-state index contributed by atoms with van der Waals surface area (Å²) in [6.45, 7) is 0.817. The highest BCUT2D eigenvalue weighted by molar-refractivity contribution is 7.11. The van der Waals surface area contributed by atoms with Gasteiger partial charge in [0.15, 0.2) is 0 Å². The molecule has 1 aromatic heterocycles. The van der Waals surface area contributed by atoms with Crippen LogP contribution in [0.5, 0.6) is 0 Å². The van der Waals surface area contributed by atoms with E-state index in [0.717, 1.165) is 34.4 Å². The zero-order valence-electron chi connectivity index (χ0n) is 10.3. The van der Waals surface area contributed by atoms with Crippen molar-refractivity contribution in [1.82, 2.24) is 4.37 Å². The molecule has 0 saturated heterocycles. The normalized spacial score (nSPS) is 10.8. The second-order valence-electron chi connectivity index (χ2n) is 4.33. The van der Waals surface area contributed by atoms with Gasteiger partial charge in [-0.05, 0) is 47.8 Å². The minimum absolute atomic E-state index is 0.190. The van der Waals surface area contributed by atoms with Crippen molar-refractivity contribution in [1.29, 1.82) is 0 Å². The number of aromatic nitrogens is 1. The summed E-state index contributed by atoms with van der Waals surface area (Å²) >= 11 is 1.48. The molecule has 3 aromatic rings. The van der Waals surface area contributed by atoms with E-state index < -0.39 is 0 Å². The van der Waals surface area contributed by atoms with Crippen molar-refractivity contribution in [3.8, 4) is 0 Å². The van der Waals surface area contributed by atoms with E-state index in [0.29, 0.717) is 0 Å². The highest BCUT2D eigenvalue weighted by atomic mass is 32.1. The van der Waals surface area contributed by atoms with Gasteiger partial charge in [-0.2, -0.15) is 4.37 Å². The molecule has 1 heterocycles. The molecule has 0 unspecified atom stereocenters. The molecule has 4 heteroatoms. The first-order chi connectivity index (χ1) is 9.33. The van der Waals surface area contributed by atoms with Gasteiger partial charge in [0, 0.05) is 11.9 Å². The van der Waals surface area contributed by atoms with E-state index in [1.54, 1.807) is 0 Å². The molecule has 1 N–H and O–H groups in total. The van der Waals surface area contributed by atoms with Crippen LogP contribution in [0.3, 0.4) is 0 Å². The quantitative estimate of drug-likeness (QED) is 0.773. The Labute approximate surface area is 115 Å². The predicted octanol–water partition coefficient (Wildman–Crippen LogP) is 4.09. The lowest BCUT2D eigenvalue weighted by Crippen LogP contribution is -2.03. The molecule has 0 aliphatic rings.